The van der Waals surface area contributed by atoms with Crippen LogP contribution >= 0.6 is 0 Å². The van der Waals surface area contributed by atoms with E-state index < -0.39 is 0 Å². The van der Waals surface area contributed by atoms with Crippen LogP contribution in [0.25, 0.3) is 11.5 Å². The zero-order chi connectivity index (χ0) is 13.2. The van der Waals surface area contributed by atoms with Crippen molar-refractivity contribution in [2.45, 2.75) is 19.8 Å². The van der Waals surface area contributed by atoms with Crippen LogP contribution in [-0.4, -0.2) is 23.9 Å². The fourth-order valence-electron chi connectivity index (χ4n) is 2.37. The smallest absolute Gasteiger partial charge is 0.289 e. The second-order valence-corrected chi connectivity index (χ2v) is 5.12. The number of rotatable bonds is 2. The zero-order valence-corrected chi connectivity index (χ0v) is 11.0. The molecule has 0 radical (unpaired) electrons. The van der Waals surface area contributed by atoms with Gasteiger partial charge in [0.2, 0.25) is 0 Å². The van der Waals surface area contributed by atoms with Gasteiger partial charge in [0.15, 0.2) is 17.3 Å². The Labute approximate surface area is 112 Å². The number of likely N-dealkylation sites (tertiary alicyclic amines) is 1. The van der Waals surface area contributed by atoms with E-state index in [1.165, 1.54) is 0 Å². The molecule has 0 spiro atoms. The molecule has 1 saturated heterocycles. The molecule has 2 aromatic heterocycles. The lowest BCUT2D eigenvalue weighted by Crippen LogP contribution is -2.37. The first kappa shape index (κ1) is 12.1. The van der Waals surface area contributed by atoms with Crippen molar-refractivity contribution in [1.82, 2.24) is 4.90 Å². The number of hydrogen-bond donors (Lipinski definition) is 0. The topological polar surface area (TPSA) is 46.6 Å². The molecule has 0 bridgehead atoms. The molecule has 0 atom stereocenters. The molecule has 4 heteroatoms. The van der Waals surface area contributed by atoms with E-state index in [4.69, 9.17) is 8.83 Å². The maximum absolute atomic E-state index is 12.3. The van der Waals surface area contributed by atoms with Gasteiger partial charge in [0.25, 0.3) is 5.91 Å². The van der Waals surface area contributed by atoms with E-state index in [1.54, 1.807) is 24.5 Å². The average Bonchev–Trinajstić information content (AvgIpc) is 3.10. The Hall–Kier alpha value is -1.97. The van der Waals surface area contributed by atoms with Crippen LogP contribution in [0.4, 0.5) is 0 Å². The number of nitrogens with zero attached hydrogens (tertiary/aromatic N) is 1. The van der Waals surface area contributed by atoms with Crippen LogP contribution in [0.2, 0.25) is 0 Å². The van der Waals surface area contributed by atoms with E-state index >= 15 is 0 Å². The summed E-state index contributed by atoms with van der Waals surface area (Å²) in [6.45, 7) is 3.86. The molecule has 19 heavy (non-hydrogen) atoms. The Morgan fingerprint density at radius 1 is 1.21 bits per heavy atom. The van der Waals surface area contributed by atoms with E-state index in [0.717, 1.165) is 25.9 Å². The number of amides is 1. The molecule has 0 saturated carbocycles. The van der Waals surface area contributed by atoms with Gasteiger partial charge >= 0.3 is 0 Å². The summed E-state index contributed by atoms with van der Waals surface area (Å²) in [5.74, 6) is 2.31. The van der Waals surface area contributed by atoms with Crippen molar-refractivity contribution in [2.75, 3.05) is 13.1 Å². The minimum absolute atomic E-state index is 0.0234. The van der Waals surface area contributed by atoms with Gasteiger partial charge in [0.05, 0.1) is 6.26 Å². The number of carbonyl (C=O) groups is 1. The maximum Gasteiger partial charge on any atom is 0.289 e. The fourth-order valence-corrected chi connectivity index (χ4v) is 2.37. The van der Waals surface area contributed by atoms with Gasteiger partial charge in [-0.3, -0.25) is 4.79 Å². The molecule has 0 aliphatic carbocycles. The standard InChI is InChI=1S/C15H17NO3/c1-11-6-8-16(9-7-11)15(17)14-5-4-13(19-14)12-3-2-10-18-12/h2-5,10-11H,6-9H2,1H3. The molecule has 3 heterocycles. The summed E-state index contributed by atoms with van der Waals surface area (Å²) in [5, 5.41) is 0. The van der Waals surface area contributed by atoms with Crippen LogP contribution in [0.5, 0.6) is 0 Å². The van der Waals surface area contributed by atoms with Crippen molar-refractivity contribution in [3.05, 3.63) is 36.3 Å². The van der Waals surface area contributed by atoms with Gasteiger partial charge in [-0.1, -0.05) is 6.92 Å². The fraction of sp³-hybridized carbons (Fsp3) is 0.400. The monoisotopic (exact) mass is 259 g/mol. The van der Waals surface area contributed by atoms with Gasteiger partial charge in [-0.05, 0) is 43.0 Å². The molecule has 100 valence electrons. The van der Waals surface area contributed by atoms with E-state index in [-0.39, 0.29) is 5.91 Å². The van der Waals surface area contributed by atoms with E-state index in [2.05, 4.69) is 6.92 Å². The predicted octanol–water partition coefficient (Wildman–Crippen LogP) is 3.41. The molecule has 1 fully saturated rings. The highest BCUT2D eigenvalue weighted by Crippen LogP contribution is 2.24. The highest BCUT2D eigenvalue weighted by molar-refractivity contribution is 5.92. The van der Waals surface area contributed by atoms with Gasteiger partial charge in [-0.15, -0.1) is 0 Å². The quantitative estimate of drug-likeness (QED) is 0.830. The van der Waals surface area contributed by atoms with Crippen LogP contribution in [0.3, 0.4) is 0 Å². The van der Waals surface area contributed by atoms with Crippen molar-refractivity contribution in [3.8, 4) is 11.5 Å². The molecule has 0 aromatic carbocycles. The second-order valence-electron chi connectivity index (χ2n) is 5.12. The summed E-state index contributed by atoms with van der Waals surface area (Å²) in [4.78, 5) is 14.2. The number of piperidine rings is 1. The summed E-state index contributed by atoms with van der Waals surface area (Å²) in [5.41, 5.74) is 0. The first-order valence-electron chi connectivity index (χ1n) is 6.67. The van der Waals surface area contributed by atoms with Gasteiger partial charge in [-0.2, -0.15) is 0 Å². The van der Waals surface area contributed by atoms with Gasteiger partial charge in [-0.25, -0.2) is 0 Å². The number of hydrogen-bond acceptors (Lipinski definition) is 3. The molecule has 1 amide bonds. The van der Waals surface area contributed by atoms with Crippen LogP contribution in [-0.2, 0) is 0 Å². The Morgan fingerprint density at radius 2 is 2.00 bits per heavy atom. The molecule has 1 aliphatic heterocycles. The first-order valence-corrected chi connectivity index (χ1v) is 6.67. The Morgan fingerprint density at radius 3 is 2.68 bits per heavy atom. The molecule has 0 unspecified atom stereocenters. The Balaban J connectivity index is 1.74. The number of furan rings is 2. The van der Waals surface area contributed by atoms with Crippen molar-refractivity contribution < 1.29 is 13.6 Å². The summed E-state index contributed by atoms with van der Waals surface area (Å²) in [7, 11) is 0. The van der Waals surface area contributed by atoms with Gasteiger partial charge in [0, 0.05) is 13.1 Å². The highest BCUT2D eigenvalue weighted by atomic mass is 16.4. The van der Waals surface area contributed by atoms with E-state index in [0.29, 0.717) is 23.2 Å². The normalized spacial score (nSPS) is 16.8. The van der Waals surface area contributed by atoms with Crippen LogP contribution in [0.1, 0.15) is 30.3 Å². The molecule has 0 N–H and O–H groups in total. The van der Waals surface area contributed by atoms with Crippen LogP contribution in [0.15, 0.2) is 39.4 Å². The molecule has 1 aliphatic rings. The van der Waals surface area contributed by atoms with Crippen molar-refractivity contribution in [1.29, 1.82) is 0 Å². The number of carbonyl (C=O) groups excluding carboxylic acids is 1. The second kappa shape index (κ2) is 4.96. The first-order chi connectivity index (χ1) is 9.24. The molecule has 4 nitrogen and oxygen atoms in total. The lowest BCUT2D eigenvalue weighted by molar-refractivity contribution is 0.0666. The molecular formula is C15H17NO3. The third kappa shape index (κ3) is 2.43. The minimum atomic E-state index is -0.0234. The van der Waals surface area contributed by atoms with Gasteiger partial charge in [0.1, 0.15) is 0 Å². The van der Waals surface area contributed by atoms with Crippen molar-refractivity contribution >= 4 is 5.91 Å². The largest absolute Gasteiger partial charge is 0.461 e. The summed E-state index contributed by atoms with van der Waals surface area (Å²) in [6, 6.07) is 7.11. The zero-order valence-electron chi connectivity index (χ0n) is 11.0. The molecule has 3 rings (SSSR count). The Bertz CT molecular complexity index is 548. The van der Waals surface area contributed by atoms with Crippen LogP contribution < -0.4 is 0 Å². The Kier molecular flexibility index (Phi) is 3.15. The van der Waals surface area contributed by atoms with Crippen molar-refractivity contribution in [3.63, 3.8) is 0 Å². The van der Waals surface area contributed by atoms with E-state index in [1.807, 2.05) is 11.0 Å². The SMILES string of the molecule is CC1CCN(C(=O)c2ccc(-c3ccco3)o2)CC1. The molecule has 2 aromatic rings. The van der Waals surface area contributed by atoms with Gasteiger partial charge < -0.3 is 13.7 Å². The predicted molar refractivity (Wildman–Crippen MR) is 70.7 cm³/mol. The van der Waals surface area contributed by atoms with Crippen LogP contribution in [0, 0.1) is 5.92 Å². The third-order valence-corrected chi connectivity index (χ3v) is 3.65. The van der Waals surface area contributed by atoms with Crippen molar-refractivity contribution in [2.24, 2.45) is 5.92 Å². The minimum Gasteiger partial charge on any atom is -0.461 e. The lowest BCUT2D eigenvalue weighted by atomic mass is 9.99. The average molecular weight is 259 g/mol. The summed E-state index contributed by atoms with van der Waals surface area (Å²) < 4.78 is 10.8. The summed E-state index contributed by atoms with van der Waals surface area (Å²) >= 11 is 0. The maximum atomic E-state index is 12.3. The third-order valence-electron chi connectivity index (χ3n) is 3.65. The molecular weight excluding hydrogens is 242 g/mol. The lowest BCUT2D eigenvalue weighted by Gasteiger charge is -2.29. The summed E-state index contributed by atoms with van der Waals surface area (Å²) in [6.07, 6.45) is 3.72. The van der Waals surface area contributed by atoms with E-state index in [9.17, 15) is 4.79 Å². The highest BCUT2D eigenvalue weighted by Gasteiger charge is 2.24.